The number of amides is 3. The summed E-state index contributed by atoms with van der Waals surface area (Å²) >= 11 is 0. The Morgan fingerprint density at radius 1 is 1.32 bits per heavy atom. The van der Waals surface area contributed by atoms with Gasteiger partial charge in [0.05, 0.1) is 0 Å². The van der Waals surface area contributed by atoms with Crippen molar-refractivity contribution in [3.8, 4) is 5.75 Å². The van der Waals surface area contributed by atoms with Gasteiger partial charge in [0.2, 0.25) is 5.91 Å². The summed E-state index contributed by atoms with van der Waals surface area (Å²) in [4.78, 5) is 33.0. The van der Waals surface area contributed by atoms with E-state index in [9.17, 15) is 19.5 Å². The smallest absolute Gasteiger partial charge is 0.339 e. The number of phenols is 1. The lowest BCUT2D eigenvalue weighted by atomic mass is 10.2. The average Bonchev–Trinajstić information content (AvgIpc) is 2.30. The molecule has 1 rings (SSSR count). The van der Waals surface area contributed by atoms with E-state index in [1.165, 1.54) is 13.0 Å². The number of nitrogens with two attached hydrogens (primary N) is 1. The SMILES string of the molecule is CC(NC(=O)Nc1ccc(O)c(C(=O)O)c1)C(N)=O. The molecule has 0 aliphatic carbocycles. The maximum atomic E-state index is 11.5. The molecule has 0 aromatic heterocycles. The first-order valence-corrected chi connectivity index (χ1v) is 5.24. The fourth-order valence-electron chi connectivity index (χ4n) is 1.22. The van der Waals surface area contributed by atoms with Gasteiger partial charge in [0.25, 0.3) is 0 Å². The molecule has 8 heteroatoms. The summed E-state index contributed by atoms with van der Waals surface area (Å²) in [7, 11) is 0. The Morgan fingerprint density at radius 3 is 2.47 bits per heavy atom. The van der Waals surface area contributed by atoms with Gasteiger partial charge in [0.1, 0.15) is 17.4 Å². The second kappa shape index (κ2) is 5.71. The third kappa shape index (κ3) is 3.87. The third-order valence-corrected chi connectivity index (χ3v) is 2.26. The fraction of sp³-hybridized carbons (Fsp3) is 0.182. The van der Waals surface area contributed by atoms with Gasteiger partial charge in [-0.1, -0.05) is 0 Å². The summed E-state index contributed by atoms with van der Waals surface area (Å²) in [6.07, 6.45) is 0. The number of hydrogen-bond donors (Lipinski definition) is 5. The van der Waals surface area contributed by atoms with Gasteiger partial charge in [0.15, 0.2) is 0 Å². The van der Waals surface area contributed by atoms with Crippen LogP contribution in [0.25, 0.3) is 0 Å². The Hall–Kier alpha value is -2.77. The van der Waals surface area contributed by atoms with Gasteiger partial charge in [-0.25, -0.2) is 9.59 Å². The molecule has 1 atom stereocenters. The molecule has 0 aliphatic rings. The van der Waals surface area contributed by atoms with Gasteiger partial charge in [-0.3, -0.25) is 4.79 Å². The van der Waals surface area contributed by atoms with Crippen molar-refractivity contribution in [2.45, 2.75) is 13.0 Å². The summed E-state index contributed by atoms with van der Waals surface area (Å²) in [5, 5.41) is 22.7. The predicted octanol–water partition coefficient (Wildman–Crippen LogP) is 0.0857. The standard InChI is InChI=1S/C11H13N3O5/c1-5(9(12)16)13-11(19)14-6-2-3-8(15)7(4-6)10(17)18/h2-5,15H,1H3,(H2,12,16)(H,17,18)(H2,13,14,19). The number of carboxylic acids is 1. The Bertz CT molecular complexity index is 529. The van der Waals surface area contributed by atoms with Gasteiger partial charge in [-0.15, -0.1) is 0 Å². The highest BCUT2D eigenvalue weighted by molar-refractivity contribution is 5.96. The van der Waals surface area contributed by atoms with Crippen LogP contribution in [-0.2, 0) is 4.79 Å². The molecule has 8 nitrogen and oxygen atoms in total. The molecule has 0 spiro atoms. The van der Waals surface area contributed by atoms with Gasteiger partial charge in [-0.05, 0) is 25.1 Å². The van der Waals surface area contributed by atoms with E-state index in [0.717, 1.165) is 12.1 Å². The molecule has 1 aromatic rings. The van der Waals surface area contributed by atoms with Crippen molar-refractivity contribution in [3.05, 3.63) is 23.8 Å². The first kappa shape index (κ1) is 14.3. The van der Waals surface area contributed by atoms with E-state index in [1.54, 1.807) is 0 Å². The average molecular weight is 267 g/mol. The van der Waals surface area contributed by atoms with Gasteiger partial charge >= 0.3 is 12.0 Å². The van der Waals surface area contributed by atoms with Crippen molar-refractivity contribution in [3.63, 3.8) is 0 Å². The molecule has 0 aliphatic heterocycles. The van der Waals surface area contributed by atoms with Gasteiger partial charge in [-0.2, -0.15) is 0 Å². The Balaban J connectivity index is 2.78. The summed E-state index contributed by atoms with van der Waals surface area (Å²) in [5.41, 5.74) is 4.78. The van der Waals surface area contributed by atoms with Crippen LogP contribution in [0.2, 0.25) is 0 Å². The number of anilines is 1. The molecule has 1 aromatic carbocycles. The summed E-state index contributed by atoms with van der Waals surface area (Å²) in [6, 6.07) is 1.96. The third-order valence-electron chi connectivity index (χ3n) is 2.26. The van der Waals surface area contributed by atoms with E-state index in [0.29, 0.717) is 0 Å². The van der Waals surface area contributed by atoms with Crippen LogP contribution in [0.15, 0.2) is 18.2 Å². The van der Waals surface area contributed by atoms with E-state index < -0.39 is 29.7 Å². The maximum Gasteiger partial charge on any atom is 0.339 e. The second-order valence-corrected chi connectivity index (χ2v) is 3.76. The zero-order valence-electron chi connectivity index (χ0n) is 10.0. The molecule has 0 saturated heterocycles. The van der Waals surface area contributed by atoms with Crippen LogP contribution < -0.4 is 16.4 Å². The highest BCUT2D eigenvalue weighted by Gasteiger charge is 2.14. The molecular weight excluding hydrogens is 254 g/mol. The minimum atomic E-state index is -1.33. The van der Waals surface area contributed by atoms with Crippen LogP contribution in [0.5, 0.6) is 5.75 Å². The van der Waals surface area contributed by atoms with Gasteiger partial charge < -0.3 is 26.6 Å². The minimum absolute atomic E-state index is 0.157. The first-order chi connectivity index (χ1) is 8.81. The lowest BCUT2D eigenvalue weighted by Crippen LogP contribution is -2.44. The Morgan fingerprint density at radius 2 is 1.95 bits per heavy atom. The van der Waals surface area contributed by atoms with Crippen molar-refractivity contribution in [2.75, 3.05) is 5.32 Å². The number of carbonyl (C=O) groups is 3. The van der Waals surface area contributed by atoms with E-state index in [1.807, 2.05) is 0 Å². The molecule has 102 valence electrons. The largest absolute Gasteiger partial charge is 0.507 e. The van der Waals surface area contributed by atoms with Crippen molar-refractivity contribution in [1.82, 2.24) is 5.32 Å². The number of hydrogen-bond acceptors (Lipinski definition) is 4. The zero-order valence-corrected chi connectivity index (χ0v) is 10.0. The Labute approximate surface area is 108 Å². The number of carbonyl (C=O) groups excluding carboxylic acids is 2. The predicted molar refractivity (Wildman–Crippen MR) is 65.9 cm³/mol. The highest BCUT2D eigenvalue weighted by Crippen LogP contribution is 2.21. The molecule has 0 radical (unpaired) electrons. The fourth-order valence-corrected chi connectivity index (χ4v) is 1.22. The number of benzene rings is 1. The van der Waals surface area contributed by atoms with Crippen LogP contribution in [0, 0.1) is 0 Å². The van der Waals surface area contributed by atoms with E-state index >= 15 is 0 Å². The monoisotopic (exact) mass is 267 g/mol. The number of urea groups is 1. The van der Waals surface area contributed by atoms with Crippen LogP contribution in [0.3, 0.4) is 0 Å². The first-order valence-electron chi connectivity index (χ1n) is 5.24. The molecule has 0 fully saturated rings. The highest BCUT2D eigenvalue weighted by atomic mass is 16.4. The topological polar surface area (TPSA) is 142 Å². The Kier molecular flexibility index (Phi) is 4.30. The molecular formula is C11H13N3O5. The number of rotatable bonds is 4. The molecule has 19 heavy (non-hydrogen) atoms. The lowest BCUT2D eigenvalue weighted by Gasteiger charge is -2.12. The summed E-state index contributed by atoms with van der Waals surface area (Å²) in [6.45, 7) is 1.40. The maximum absolute atomic E-state index is 11.5. The molecule has 0 heterocycles. The van der Waals surface area contributed by atoms with Gasteiger partial charge in [0, 0.05) is 5.69 Å². The van der Waals surface area contributed by atoms with Crippen molar-refractivity contribution in [2.24, 2.45) is 5.73 Å². The van der Waals surface area contributed by atoms with E-state index in [-0.39, 0.29) is 11.3 Å². The molecule has 6 N–H and O–H groups in total. The number of aromatic hydroxyl groups is 1. The number of primary amides is 1. The van der Waals surface area contributed by atoms with E-state index in [4.69, 9.17) is 10.8 Å². The van der Waals surface area contributed by atoms with Crippen molar-refractivity contribution < 1.29 is 24.6 Å². The number of carboxylic acid groups (broad SMARTS) is 1. The second-order valence-electron chi connectivity index (χ2n) is 3.76. The van der Waals surface area contributed by atoms with Crippen molar-refractivity contribution in [1.29, 1.82) is 0 Å². The number of aromatic carboxylic acids is 1. The molecule has 1 unspecified atom stereocenters. The van der Waals surface area contributed by atoms with Crippen LogP contribution >= 0.6 is 0 Å². The molecule has 3 amide bonds. The summed E-state index contributed by atoms with van der Waals surface area (Å²) in [5.74, 6) is -2.44. The normalized spacial score (nSPS) is 11.4. The molecule has 0 saturated carbocycles. The van der Waals surface area contributed by atoms with Crippen LogP contribution in [-0.4, -0.2) is 34.2 Å². The van der Waals surface area contributed by atoms with Crippen LogP contribution in [0.4, 0.5) is 10.5 Å². The quantitative estimate of drug-likeness (QED) is 0.491. The molecule has 0 bridgehead atoms. The number of nitrogens with one attached hydrogen (secondary N) is 2. The summed E-state index contributed by atoms with van der Waals surface area (Å²) < 4.78 is 0. The van der Waals surface area contributed by atoms with Crippen molar-refractivity contribution >= 4 is 23.6 Å². The zero-order chi connectivity index (χ0) is 14.6. The van der Waals surface area contributed by atoms with E-state index in [2.05, 4.69) is 10.6 Å². The lowest BCUT2D eigenvalue weighted by molar-refractivity contribution is -0.119. The van der Waals surface area contributed by atoms with Crippen LogP contribution in [0.1, 0.15) is 17.3 Å². The minimum Gasteiger partial charge on any atom is -0.507 e.